The summed E-state index contributed by atoms with van der Waals surface area (Å²) in [6.07, 6.45) is -0.347. The molecule has 1 aromatic heterocycles. The number of nitrogens with zero attached hydrogens (tertiary/aromatic N) is 3. The molecule has 33 heavy (non-hydrogen) atoms. The van der Waals surface area contributed by atoms with E-state index in [0.717, 1.165) is 9.87 Å². The monoisotopic (exact) mass is 474 g/mol. The minimum Gasteiger partial charge on any atom is -0.486 e. The van der Waals surface area contributed by atoms with E-state index in [0.29, 0.717) is 5.82 Å². The van der Waals surface area contributed by atoms with Crippen molar-refractivity contribution in [2.45, 2.75) is 43.6 Å². The summed E-state index contributed by atoms with van der Waals surface area (Å²) in [5.74, 6) is -0.181. The average Bonchev–Trinajstić information content (AvgIpc) is 3.20. The van der Waals surface area contributed by atoms with Gasteiger partial charge in [0.1, 0.15) is 17.5 Å². The van der Waals surface area contributed by atoms with Gasteiger partial charge < -0.3 is 4.74 Å². The van der Waals surface area contributed by atoms with E-state index < -0.39 is 32.2 Å². The molecule has 2 heterocycles. The fraction of sp³-hybridized carbons (Fsp3) is 0.333. The Morgan fingerprint density at radius 1 is 1.24 bits per heavy atom. The Morgan fingerprint density at radius 3 is 2.55 bits per heavy atom. The number of fused-ring (bicyclic) bond motifs is 1. The van der Waals surface area contributed by atoms with Crippen LogP contribution in [-0.2, 0) is 15.4 Å². The Labute approximate surface area is 189 Å². The number of nitrogens with one attached hydrogen (secondary N) is 1. The Kier molecular flexibility index (Phi) is 5.48. The highest BCUT2D eigenvalue weighted by Gasteiger charge is 2.39. The number of anilines is 1. The van der Waals surface area contributed by atoms with Crippen molar-refractivity contribution in [2.24, 2.45) is 0 Å². The summed E-state index contributed by atoms with van der Waals surface area (Å²) in [5, 5.41) is 15.1. The molecule has 0 saturated carbocycles. The van der Waals surface area contributed by atoms with Crippen molar-refractivity contribution in [3.63, 3.8) is 0 Å². The van der Waals surface area contributed by atoms with E-state index in [-0.39, 0.29) is 35.0 Å². The molecule has 0 radical (unpaired) electrons. The first-order chi connectivity index (χ1) is 15.5. The predicted octanol–water partition coefficient (Wildman–Crippen LogP) is 2.90. The molecular weight excluding hydrogens is 452 g/mol. The van der Waals surface area contributed by atoms with Crippen LogP contribution in [0, 0.1) is 17.0 Å². The SMILES string of the molecule is Cc1ccc(S(=O)(=O)N2C[C@H](CC(C)(C)c3noc(=O)[nH]3)Oc3ccc([N+](=O)[O-])cc32)cc1. The number of nitro groups is 1. The minimum atomic E-state index is -4.04. The average molecular weight is 474 g/mol. The van der Waals surface area contributed by atoms with Gasteiger partial charge in [0.15, 0.2) is 5.82 Å². The molecule has 2 aromatic carbocycles. The smallest absolute Gasteiger partial charge is 0.438 e. The van der Waals surface area contributed by atoms with Gasteiger partial charge in [-0.05, 0) is 31.5 Å². The van der Waals surface area contributed by atoms with Gasteiger partial charge in [0.25, 0.3) is 15.7 Å². The van der Waals surface area contributed by atoms with Gasteiger partial charge in [-0.2, -0.15) is 0 Å². The van der Waals surface area contributed by atoms with Crippen molar-refractivity contribution in [2.75, 3.05) is 10.8 Å². The number of rotatable bonds is 6. The van der Waals surface area contributed by atoms with Crippen LogP contribution >= 0.6 is 0 Å². The maximum Gasteiger partial charge on any atom is 0.438 e. The summed E-state index contributed by atoms with van der Waals surface area (Å²) in [6.45, 7) is 5.38. The molecule has 3 aromatic rings. The molecule has 0 aliphatic carbocycles. The largest absolute Gasteiger partial charge is 0.486 e. The molecule has 0 unspecified atom stereocenters. The lowest BCUT2D eigenvalue weighted by atomic mass is 9.85. The van der Waals surface area contributed by atoms with E-state index in [4.69, 9.17) is 4.74 Å². The third-order valence-corrected chi connectivity index (χ3v) is 7.31. The molecule has 174 valence electrons. The van der Waals surface area contributed by atoms with E-state index in [1.165, 1.54) is 30.3 Å². The Balaban J connectivity index is 1.75. The molecule has 1 atom stereocenters. The van der Waals surface area contributed by atoms with E-state index >= 15 is 0 Å². The first kappa shape index (κ1) is 22.5. The number of non-ortho nitro benzene ring substituents is 1. The van der Waals surface area contributed by atoms with Crippen LogP contribution in [0.5, 0.6) is 5.75 Å². The van der Waals surface area contributed by atoms with Gasteiger partial charge in [-0.3, -0.25) is 23.9 Å². The molecule has 1 N–H and O–H groups in total. The zero-order chi connectivity index (χ0) is 24.0. The molecule has 4 rings (SSSR count). The fourth-order valence-electron chi connectivity index (χ4n) is 3.77. The predicted molar refractivity (Wildman–Crippen MR) is 118 cm³/mol. The third kappa shape index (κ3) is 4.33. The quantitative estimate of drug-likeness (QED) is 0.423. The lowest BCUT2D eigenvalue weighted by molar-refractivity contribution is -0.384. The zero-order valence-corrected chi connectivity index (χ0v) is 19.0. The number of hydrogen-bond acceptors (Lipinski definition) is 8. The number of nitro benzene ring substituents is 1. The van der Waals surface area contributed by atoms with Crippen LogP contribution in [0.1, 0.15) is 31.7 Å². The van der Waals surface area contributed by atoms with Gasteiger partial charge in [-0.1, -0.05) is 36.7 Å². The zero-order valence-electron chi connectivity index (χ0n) is 18.1. The molecule has 0 fully saturated rings. The number of H-pyrrole nitrogens is 1. The maximum absolute atomic E-state index is 13.6. The number of aryl methyl sites for hydroxylation is 1. The van der Waals surface area contributed by atoms with Gasteiger partial charge >= 0.3 is 5.76 Å². The van der Waals surface area contributed by atoms with Crippen molar-refractivity contribution in [1.29, 1.82) is 0 Å². The number of aromatic amines is 1. The second-order valence-corrected chi connectivity index (χ2v) is 10.4. The molecule has 0 bridgehead atoms. The molecule has 1 aliphatic heterocycles. The molecule has 0 spiro atoms. The molecule has 0 saturated heterocycles. The topological polar surface area (TPSA) is 149 Å². The summed E-state index contributed by atoms with van der Waals surface area (Å²) < 4.78 is 38.9. The molecule has 11 nitrogen and oxygen atoms in total. The lowest BCUT2D eigenvalue weighted by Crippen LogP contribution is -2.45. The van der Waals surface area contributed by atoms with E-state index in [1.54, 1.807) is 12.1 Å². The van der Waals surface area contributed by atoms with Crippen LogP contribution < -0.4 is 14.8 Å². The van der Waals surface area contributed by atoms with Gasteiger partial charge in [0.05, 0.1) is 16.4 Å². The van der Waals surface area contributed by atoms with Crippen LogP contribution in [0.4, 0.5) is 11.4 Å². The third-order valence-electron chi connectivity index (χ3n) is 5.51. The minimum absolute atomic E-state index is 0.0614. The number of sulfonamides is 1. The summed E-state index contributed by atoms with van der Waals surface area (Å²) in [4.78, 5) is 24.7. The Bertz CT molecular complexity index is 1360. The Morgan fingerprint density at radius 2 is 1.94 bits per heavy atom. The normalized spacial score (nSPS) is 16.2. The molecule has 12 heteroatoms. The second kappa shape index (κ2) is 8.03. The Hall–Kier alpha value is -3.67. The highest BCUT2D eigenvalue weighted by Crippen LogP contribution is 2.41. The van der Waals surface area contributed by atoms with E-state index in [1.807, 2.05) is 20.8 Å². The van der Waals surface area contributed by atoms with Crippen molar-refractivity contribution in [3.8, 4) is 5.75 Å². The van der Waals surface area contributed by atoms with Gasteiger partial charge in [0, 0.05) is 17.5 Å². The van der Waals surface area contributed by atoms with Crippen molar-refractivity contribution < 1.29 is 22.6 Å². The number of hydrogen-bond donors (Lipinski definition) is 1. The van der Waals surface area contributed by atoms with Gasteiger partial charge in [-0.25, -0.2) is 13.2 Å². The van der Waals surface area contributed by atoms with Crippen LogP contribution in [0.2, 0.25) is 0 Å². The first-order valence-corrected chi connectivity index (χ1v) is 11.5. The highest BCUT2D eigenvalue weighted by atomic mass is 32.2. The van der Waals surface area contributed by atoms with Crippen molar-refractivity contribution in [3.05, 3.63) is 74.5 Å². The van der Waals surface area contributed by atoms with Crippen LogP contribution in [0.15, 0.2) is 56.7 Å². The fourth-order valence-corrected chi connectivity index (χ4v) is 5.27. The molecular formula is C21H22N4O7S. The van der Waals surface area contributed by atoms with E-state index in [9.17, 15) is 23.3 Å². The highest BCUT2D eigenvalue weighted by molar-refractivity contribution is 7.92. The first-order valence-electron chi connectivity index (χ1n) is 10.1. The molecule has 0 amide bonds. The van der Waals surface area contributed by atoms with E-state index in [2.05, 4.69) is 14.7 Å². The van der Waals surface area contributed by atoms with Crippen molar-refractivity contribution in [1.82, 2.24) is 10.1 Å². The van der Waals surface area contributed by atoms with Crippen LogP contribution in [-0.4, -0.2) is 36.1 Å². The van der Waals surface area contributed by atoms with Crippen molar-refractivity contribution >= 4 is 21.4 Å². The number of aromatic nitrogens is 2. The second-order valence-electron chi connectivity index (χ2n) is 8.53. The standard InChI is InChI=1S/C21H22N4O7S/c1-13-4-7-16(8-5-13)33(29,30)24-12-15(11-21(2,3)19-22-20(26)32-23-19)31-18-9-6-14(25(27)28)10-17(18)24/h4-10,15H,11-12H2,1-3H3,(H,22,23,26)/t15-/m0/s1. The maximum atomic E-state index is 13.6. The van der Waals surface area contributed by atoms with Gasteiger partial charge in [0.2, 0.25) is 0 Å². The van der Waals surface area contributed by atoms with Gasteiger partial charge in [-0.15, -0.1) is 0 Å². The summed E-state index contributed by atoms with van der Waals surface area (Å²) in [5.41, 5.74) is 0.0243. The summed E-state index contributed by atoms with van der Waals surface area (Å²) in [7, 11) is -4.04. The number of ether oxygens (including phenoxy) is 1. The molecule has 1 aliphatic rings. The summed E-state index contributed by atoms with van der Waals surface area (Å²) >= 11 is 0. The van der Waals surface area contributed by atoms with Crippen LogP contribution in [0.3, 0.4) is 0 Å². The lowest BCUT2D eigenvalue weighted by Gasteiger charge is -2.37. The number of benzene rings is 2. The van der Waals surface area contributed by atoms with Crippen LogP contribution in [0.25, 0.3) is 0 Å². The summed E-state index contributed by atoms with van der Waals surface area (Å²) in [6, 6.07) is 10.2.